The van der Waals surface area contributed by atoms with Gasteiger partial charge in [-0.25, -0.2) is 0 Å². The summed E-state index contributed by atoms with van der Waals surface area (Å²) in [4.78, 5) is 2.39. The van der Waals surface area contributed by atoms with Crippen molar-refractivity contribution in [1.82, 2.24) is 10.2 Å². The van der Waals surface area contributed by atoms with Crippen molar-refractivity contribution >= 4 is 5.84 Å². The summed E-state index contributed by atoms with van der Waals surface area (Å²) in [6.07, 6.45) is 3.05. The smallest absolute Gasteiger partial charge is 0.141 e. The molecule has 5 nitrogen and oxygen atoms in total. The lowest BCUT2D eigenvalue weighted by Gasteiger charge is -2.31. The van der Waals surface area contributed by atoms with E-state index in [2.05, 4.69) is 34.6 Å². The Hall–Kier alpha value is -1.59. The highest BCUT2D eigenvalue weighted by Gasteiger charge is 2.19. The summed E-state index contributed by atoms with van der Waals surface area (Å²) >= 11 is 0. The van der Waals surface area contributed by atoms with Crippen molar-refractivity contribution < 1.29 is 5.21 Å². The van der Waals surface area contributed by atoms with Gasteiger partial charge in [0.2, 0.25) is 0 Å². The lowest BCUT2D eigenvalue weighted by Crippen LogP contribution is -2.39. The van der Waals surface area contributed by atoms with Crippen LogP contribution < -0.4 is 11.1 Å². The Balaban J connectivity index is 1.95. The molecule has 0 spiro atoms. The molecule has 1 fully saturated rings. The van der Waals surface area contributed by atoms with Crippen molar-refractivity contribution in [3.63, 3.8) is 0 Å². The van der Waals surface area contributed by atoms with E-state index in [-0.39, 0.29) is 11.9 Å². The molecule has 21 heavy (non-hydrogen) atoms. The molecule has 116 valence electrons. The lowest BCUT2D eigenvalue weighted by molar-refractivity contribution is 0.203. The highest BCUT2D eigenvalue weighted by molar-refractivity contribution is 5.80. The van der Waals surface area contributed by atoms with Gasteiger partial charge in [-0.15, -0.1) is 0 Å². The molecule has 0 aliphatic carbocycles. The van der Waals surface area contributed by atoms with Crippen LogP contribution >= 0.6 is 0 Å². The van der Waals surface area contributed by atoms with Crippen molar-refractivity contribution in [2.45, 2.75) is 25.3 Å². The van der Waals surface area contributed by atoms with Gasteiger partial charge in [0.05, 0.1) is 0 Å². The van der Waals surface area contributed by atoms with Crippen LogP contribution in [-0.2, 0) is 0 Å². The third-order valence-corrected chi connectivity index (χ3v) is 4.12. The zero-order valence-corrected chi connectivity index (χ0v) is 12.7. The van der Waals surface area contributed by atoms with Gasteiger partial charge in [-0.05, 0) is 44.5 Å². The lowest BCUT2D eigenvalue weighted by atomic mass is 9.96. The van der Waals surface area contributed by atoms with Crippen LogP contribution in [0.2, 0.25) is 0 Å². The van der Waals surface area contributed by atoms with Gasteiger partial charge < -0.3 is 21.2 Å². The quantitative estimate of drug-likeness (QED) is 0.323. The molecule has 1 aliphatic rings. The Morgan fingerprint density at radius 2 is 2.24 bits per heavy atom. The first-order chi connectivity index (χ1) is 10.2. The molecule has 2 unspecified atom stereocenters. The molecule has 0 saturated carbocycles. The third-order valence-electron chi connectivity index (χ3n) is 4.12. The molecule has 4 N–H and O–H groups in total. The SMILES string of the molecule is CN1CCCC(CNC(CC(N)=NO)c2ccccc2)C1. The van der Waals surface area contributed by atoms with Gasteiger partial charge in [0.15, 0.2) is 0 Å². The maximum atomic E-state index is 8.81. The molecule has 1 aromatic rings. The number of nitrogens with two attached hydrogens (primary N) is 1. The number of hydrogen-bond acceptors (Lipinski definition) is 4. The Kier molecular flexibility index (Phi) is 6.02. The van der Waals surface area contributed by atoms with E-state index in [0.29, 0.717) is 12.3 Å². The van der Waals surface area contributed by atoms with Crippen LogP contribution in [-0.4, -0.2) is 42.6 Å². The molecule has 2 rings (SSSR count). The summed E-state index contributed by atoms with van der Waals surface area (Å²) in [5.41, 5.74) is 6.87. The first-order valence-corrected chi connectivity index (χ1v) is 7.62. The van der Waals surface area contributed by atoms with E-state index in [1.165, 1.54) is 24.9 Å². The molecule has 1 saturated heterocycles. The minimum absolute atomic E-state index is 0.0920. The highest BCUT2D eigenvalue weighted by atomic mass is 16.4. The predicted octanol–water partition coefficient (Wildman–Crippen LogP) is 1.80. The minimum Gasteiger partial charge on any atom is -0.409 e. The summed E-state index contributed by atoms with van der Waals surface area (Å²) in [6, 6.07) is 10.3. The van der Waals surface area contributed by atoms with Crippen molar-refractivity contribution in [1.29, 1.82) is 0 Å². The number of nitrogens with one attached hydrogen (secondary N) is 1. The number of amidine groups is 1. The largest absolute Gasteiger partial charge is 0.409 e. The highest BCUT2D eigenvalue weighted by Crippen LogP contribution is 2.19. The Labute approximate surface area is 126 Å². The molecule has 1 heterocycles. The normalized spacial score (nSPS) is 22.1. The van der Waals surface area contributed by atoms with Crippen molar-refractivity contribution in [3.8, 4) is 0 Å². The second kappa shape index (κ2) is 8.00. The van der Waals surface area contributed by atoms with Gasteiger partial charge >= 0.3 is 0 Å². The number of nitrogens with zero attached hydrogens (tertiary/aromatic N) is 2. The van der Waals surface area contributed by atoms with E-state index >= 15 is 0 Å². The summed E-state index contributed by atoms with van der Waals surface area (Å²) in [7, 11) is 2.18. The summed E-state index contributed by atoms with van der Waals surface area (Å²) in [5.74, 6) is 0.930. The Morgan fingerprint density at radius 1 is 1.48 bits per heavy atom. The molecule has 1 aromatic carbocycles. The van der Waals surface area contributed by atoms with Crippen molar-refractivity contribution in [2.24, 2.45) is 16.8 Å². The molecular formula is C16H26N4O. The Bertz CT molecular complexity index is 449. The van der Waals surface area contributed by atoms with Gasteiger partial charge in [0.1, 0.15) is 5.84 Å². The average molecular weight is 290 g/mol. The molecular weight excluding hydrogens is 264 g/mol. The number of piperidine rings is 1. The molecule has 0 bridgehead atoms. The second-order valence-electron chi connectivity index (χ2n) is 5.94. The van der Waals surface area contributed by atoms with Crippen LogP contribution in [0.4, 0.5) is 0 Å². The standard InChI is InChI=1S/C16H26N4O/c1-20-9-5-6-13(12-20)11-18-15(10-16(17)19-21)14-7-3-2-4-8-14/h2-4,7-8,13,15,18,21H,5-6,9-12H2,1H3,(H2,17,19). The number of oxime groups is 1. The zero-order valence-electron chi connectivity index (χ0n) is 12.7. The molecule has 0 aromatic heterocycles. The number of hydrogen-bond donors (Lipinski definition) is 3. The first kappa shape index (κ1) is 15.8. The number of benzene rings is 1. The van der Waals surface area contributed by atoms with Crippen molar-refractivity contribution in [3.05, 3.63) is 35.9 Å². The van der Waals surface area contributed by atoms with Crippen LogP contribution in [0, 0.1) is 5.92 Å². The van der Waals surface area contributed by atoms with Crippen LogP contribution in [0.3, 0.4) is 0 Å². The van der Waals surface area contributed by atoms with Crippen LogP contribution in [0.25, 0.3) is 0 Å². The van der Waals surface area contributed by atoms with E-state index < -0.39 is 0 Å². The van der Waals surface area contributed by atoms with Gasteiger partial charge in [0, 0.05) is 19.0 Å². The summed E-state index contributed by atoms with van der Waals surface area (Å²) in [6.45, 7) is 3.30. The van der Waals surface area contributed by atoms with Crippen molar-refractivity contribution in [2.75, 3.05) is 26.7 Å². The fourth-order valence-corrected chi connectivity index (χ4v) is 2.99. The van der Waals surface area contributed by atoms with Gasteiger partial charge in [-0.2, -0.15) is 0 Å². The van der Waals surface area contributed by atoms with E-state index in [1.807, 2.05) is 18.2 Å². The average Bonchev–Trinajstić information content (AvgIpc) is 2.52. The number of rotatable bonds is 6. The summed E-state index contributed by atoms with van der Waals surface area (Å²) in [5, 5.41) is 15.5. The van der Waals surface area contributed by atoms with Crippen LogP contribution in [0.1, 0.15) is 30.9 Å². The maximum absolute atomic E-state index is 8.81. The van der Waals surface area contributed by atoms with Crippen LogP contribution in [0.5, 0.6) is 0 Å². The molecule has 5 heteroatoms. The van der Waals surface area contributed by atoms with E-state index in [9.17, 15) is 0 Å². The van der Waals surface area contributed by atoms with Gasteiger partial charge in [-0.1, -0.05) is 35.5 Å². The van der Waals surface area contributed by atoms with Gasteiger partial charge in [-0.3, -0.25) is 0 Å². The minimum atomic E-state index is 0.0920. The molecule has 0 radical (unpaired) electrons. The monoisotopic (exact) mass is 290 g/mol. The molecule has 0 amide bonds. The van der Waals surface area contributed by atoms with E-state index in [1.54, 1.807) is 0 Å². The Morgan fingerprint density at radius 3 is 2.90 bits per heavy atom. The summed E-state index contributed by atoms with van der Waals surface area (Å²) < 4.78 is 0. The van der Waals surface area contributed by atoms with Crippen LogP contribution in [0.15, 0.2) is 35.5 Å². The predicted molar refractivity (Wildman–Crippen MR) is 85.4 cm³/mol. The fourth-order valence-electron chi connectivity index (χ4n) is 2.99. The molecule has 2 atom stereocenters. The maximum Gasteiger partial charge on any atom is 0.141 e. The zero-order chi connectivity index (χ0) is 15.1. The second-order valence-corrected chi connectivity index (χ2v) is 5.94. The third kappa shape index (κ3) is 5.02. The van der Waals surface area contributed by atoms with E-state index in [0.717, 1.165) is 13.1 Å². The fraction of sp³-hybridized carbons (Fsp3) is 0.562. The number of likely N-dealkylation sites (tertiary alicyclic amines) is 1. The topological polar surface area (TPSA) is 73.9 Å². The molecule has 1 aliphatic heterocycles. The van der Waals surface area contributed by atoms with Gasteiger partial charge in [0.25, 0.3) is 0 Å². The van der Waals surface area contributed by atoms with E-state index in [4.69, 9.17) is 10.9 Å². The first-order valence-electron chi connectivity index (χ1n) is 7.62.